The van der Waals surface area contributed by atoms with E-state index >= 15 is 0 Å². The molecule has 7 nitrogen and oxygen atoms in total. The van der Waals surface area contributed by atoms with Gasteiger partial charge in [-0.15, -0.1) is 0 Å². The highest BCUT2D eigenvalue weighted by Gasteiger charge is 2.47. The standard InChI is InChI=1S/C26H29F3N4O3/c1-15-16(2)23(36-14-21(34)11-30-4)7-6-22(15)17(3)32-12-20-9-19(32)13-33(20)25(35)18-5-8-24(31-10-18)26(27,28)29/h5-8,10,17,19-21,34H,9,11-14H2,1-3H3/t17-,19+,20+,21+/m0/s1. The number of alkyl halides is 3. The van der Waals surface area contributed by atoms with Gasteiger partial charge in [-0.2, -0.15) is 13.2 Å². The van der Waals surface area contributed by atoms with Crippen molar-refractivity contribution in [2.75, 3.05) is 26.2 Å². The Morgan fingerprint density at radius 1 is 1.22 bits per heavy atom. The molecular weight excluding hydrogens is 473 g/mol. The van der Waals surface area contributed by atoms with Gasteiger partial charge in [-0.05, 0) is 62.1 Å². The van der Waals surface area contributed by atoms with E-state index in [9.17, 15) is 23.1 Å². The van der Waals surface area contributed by atoms with E-state index in [1.54, 1.807) is 4.90 Å². The van der Waals surface area contributed by atoms with E-state index in [1.807, 2.05) is 26.0 Å². The van der Waals surface area contributed by atoms with Crippen molar-refractivity contribution in [3.63, 3.8) is 0 Å². The molecule has 2 aromatic rings. The predicted octanol–water partition coefficient (Wildman–Crippen LogP) is 4.04. The van der Waals surface area contributed by atoms with Crippen LogP contribution in [0.1, 0.15) is 52.1 Å². The maximum absolute atomic E-state index is 13.0. The number of benzene rings is 1. The molecular formula is C26H29F3N4O3. The topological polar surface area (TPSA) is 70.3 Å². The lowest BCUT2D eigenvalue weighted by Gasteiger charge is -2.38. The highest BCUT2D eigenvalue weighted by atomic mass is 19.4. The summed E-state index contributed by atoms with van der Waals surface area (Å²) in [6, 6.07) is 6.22. The maximum Gasteiger partial charge on any atom is 0.433 e. The Morgan fingerprint density at radius 2 is 1.97 bits per heavy atom. The number of pyridine rings is 1. The largest absolute Gasteiger partial charge is 0.490 e. The fourth-order valence-corrected chi connectivity index (χ4v) is 5.22. The average Bonchev–Trinajstić information content (AvgIpc) is 3.45. The second kappa shape index (κ2) is 10.1. The Morgan fingerprint density at radius 3 is 2.56 bits per heavy atom. The molecule has 10 heteroatoms. The minimum absolute atomic E-state index is 0.000175. The van der Waals surface area contributed by atoms with Crippen LogP contribution in [0.15, 0.2) is 30.5 Å². The number of piperazine rings is 1. The third-order valence-corrected chi connectivity index (χ3v) is 7.30. The highest BCUT2D eigenvalue weighted by Crippen LogP contribution is 2.39. The van der Waals surface area contributed by atoms with Gasteiger partial charge in [0, 0.05) is 37.4 Å². The number of rotatable bonds is 7. The van der Waals surface area contributed by atoms with Crippen molar-refractivity contribution in [1.82, 2.24) is 14.8 Å². The van der Waals surface area contributed by atoms with Crippen molar-refractivity contribution in [2.45, 2.75) is 57.6 Å². The fourth-order valence-electron chi connectivity index (χ4n) is 5.22. The van der Waals surface area contributed by atoms with Crippen LogP contribution in [0.2, 0.25) is 0 Å². The molecule has 1 amide bonds. The summed E-state index contributed by atoms with van der Waals surface area (Å²) in [7, 11) is 0. The van der Waals surface area contributed by atoms with Gasteiger partial charge in [0.2, 0.25) is 6.54 Å². The fraction of sp³-hybridized carbons (Fsp3) is 0.500. The lowest BCUT2D eigenvalue weighted by Crippen LogP contribution is -2.49. The summed E-state index contributed by atoms with van der Waals surface area (Å²) >= 11 is 0. The molecule has 1 N–H and O–H groups in total. The van der Waals surface area contributed by atoms with Gasteiger partial charge in [0.05, 0.1) is 5.56 Å². The molecule has 2 aliphatic rings. The first-order valence-electron chi connectivity index (χ1n) is 11.8. The molecule has 192 valence electrons. The van der Waals surface area contributed by atoms with Crippen molar-refractivity contribution in [1.29, 1.82) is 0 Å². The third kappa shape index (κ3) is 5.04. The molecule has 2 aliphatic heterocycles. The van der Waals surface area contributed by atoms with Crippen LogP contribution in [-0.2, 0) is 6.18 Å². The number of nitrogens with zero attached hydrogens (tertiary/aromatic N) is 4. The molecule has 2 saturated heterocycles. The van der Waals surface area contributed by atoms with E-state index in [-0.39, 0.29) is 42.7 Å². The first-order valence-corrected chi connectivity index (χ1v) is 11.8. The van der Waals surface area contributed by atoms with Crippen molar-refractivity contribution >= 4 is 5.91 Å². The Bertz CT molecular complexity index is 1160. The number of hydrogen-bond acceptors (Lipinski definition) is 5. The lowest BCUT2D eigenvalue weighted by molar-refractivity contribution is -0.141. The van der Waals surface area contributed by atoms with E-state index in [0.29, 0.717) is 18.8 Å². The van der Waals surface area contributed by atoms with E-state index in [4.69, 9.17) is 11.3 Å². The number of ether oxygens (including phenoxy) is 1. The minimum atomic E-state index is -4.54. The number of halogens is 3. The van der Waals surface area contributed by atoms with Crippen LogP contribution in [0, 0.1) is 20.4 Å². The number of aliphatic hydroxyl groups is 1. The molecule has 3 heterocycles. The van der Waals surface area contributed by atoms with Crippen LogP contribution in [0.25, 0.3) is 4.85 Å². The predicted molar refractivity (Wildman–Crippen MR) is 126 cm³/mol. The number of hydrogen-bond donors (Lipinski definition) is 1. The van der Waals surface area contributed by atoms with Crippen LogP contribution in [-0.4, -0.2) is 70.2 Å². The number of carbonyl (C=O) groups excluding carboxylic acids is 1. The molecule has 36 heavy (non-hydrogen) atoms. The van der Waals surface area contributed by atoms with E-state index in [2.05, 4.69) is 21.7 Å². The Kier molecular flexibility index (Phi) is 7.25. The smallest absolute Gasteiger partial charge is 0.433 e. The lowest BCUT2D eigenvalue weighted by atomic mass is 9.96. The van der Waals surface area contributed by atoms with Crippen LogP contribution < -0.4 is 4.74 Å². The van der Waals surface area contributed by atoms with Crippen LogP contribution >= 0.6 is 0 Å². The number of likely N-dealkylation sites (tertiary alicyclic amines) is 2. The molecule has 2 bridgehead atoms. The second-order valence-electron chi connectivity index (χ2n) is 9.51. The third-order valence-electron chi connectivity index (χ3n) is 7.30. The van der Waals surface area contributed by atoms with Gasteiger partial charge >= 0.3 is 6.18 Å². The van der Waals surface area contributed by atoms with E-state index < -0.39 is 18.0 Å². The summed E-state index contributed by atoms with van der Waals surface area (Å²) < 4.78 is 44.1. The Balaban J connectivity index is 1.41. The average molecular weight is 503 g/mol. The van der Waals surface area contributed by atoms with Gasteiger partial charge in [-0.3, -0.25) is 14.7 Å². The van der Waals surface area contributed by atoms with E-state index in [1.165, 1.54) is 6.07 Å². The molecule has 4 atom stereocenters. The summed E-state index contributed by atoms with van der Waals surface area (Å²) in [5.41, 5.74) is 2.37. The summed E-state index contributed by atoms with van der Waals surface area (Å²) in [4.78, 5) is 23.7. The minimum Gasteiger partial charge on any atom is -0.490 e. The molecule has 0 spiro atoms. The maximum atomic E-state index is 13.0. The van der Waals surface area contributed by atoms with Crippen molar-refractivity contribution < 1.29 is 27.8 Å². The number of aromatic nitrogens is 1. The van der Waals surface area contributed by atoms with Gasteiger partial charge in [-0.1, -0.05) is 6.07 Å². The number of aliphatic hydroxyl groups excluding tert-OH is 1. The summed E-state index contributed by atoms with van der Waals surface area (Å²) in [6.07, 6.45) is -3.54. The van der Waals surface area contributed by atoms with E-state index in [0.717, 1.165) is 35.4 Å². The SMILES string of the molecule is [C-]#[N+]C[C@@H](O)COc1ccc([C@H](C)N2C[C@H]3C[C@@H]2CN3C(=O)c2ccc(C(F)(F)F)nc2)c(C)c1C. The number of amides is 1. The van der Waals surface area contributed by atoms with Gasteiger partial charge in [0.15, 0.2) is 6.10 Å². The highest BCUT2D eigenvalue weighted by molar-refractivity contribution is 5.94. The van der Waals surface area contributed by atoms with Crippen LogP contribution in [0.5, 0.6) is 5.75 Å². The zero-order valence-electron chi connectivity index (χ0n) is 20.4. The van der Waals surface area contributed by atoms with Crippen molar-refractivity contribution in [2.24, 2.45) is 0 Å². The van der Waals surface area contributed by atoms with Gasteiger partial charge in [0.1, 0.15) is 18.1 Å². The number of carbonyl (C=O) groups is 1. The molecule has 4 rings (SSSR count). The molecule has 1 aromatic carbocycles. The van der Waals surface area contributed by atoms with Crippen LogP contribution in [0.3, 0.4) is 0 Å². The summed E-state index contributed by atoms with van der Waals surface area (Å²) in [5.74, 6) is 0.391. The normalized spacial score (nSPS) is 21.3. The first kappa shape index (κ1) is 25.9. The molecule has 2 fully saturated rings. The van der Waals surface area contributed by atoms with Gasteiger partial charge in [-0.25, -0.2) is 6.57 Å². The second-order valence-corrected chi connectivity index (χ2v) is 9.51. The van der Waals surface area contributed by atoms with Crippen molar-refractivity contribution in [3.8, 4) is 5.75 Å². The first-order chi connectivity index (χ1) is 17.0. The molecule has 0 saturated carbocycles. The van der Waals surface area contributed by atoms with Gasteiger partial charge in [0.25, 0.3) is 5.91 Å². The van der Waals surface area contributed by atoms with Crippen molar-refractivity contribution in [3.05, 3.63) is 69.8 Å². The Labute approximate surface area is 208 Å². The monoisotopic (exact) mass is 502 g/mol. The quantitative estimate of drug-likeness (QED) is 0.579. The zero-order valence-corrected chi connectivity index (χ0v) is 20.4. The Hall–Kier alpha value is -3.16. The number of fused-ring (bicyclic) bond motifs is 2. The summed E-state index contributed by atoms with van der Waals surface area (Å²) in [5, 5.41) is 9.77. The molecule has 0 unspecified atom stereocenters. The molecule has 0 radical (unpaired) electrons. The molecule has 0 aliphatic carbocycles. The zero-order chi connectivity index (χ0) is 26.2. The summed E-state index contributed by atoms with van der Waals surface area (Å²) in [6.45, 7) is 14.2. The molecule has 1 aromatic heterocycles. The van der Waals surface area contributed by atoms with Gasteiger partial charge < -0.3 is 19.6 Å². The van der Waals surface area contributed by atoms with Crippen LogP contribution in [0.4, 0.5) is 13.2 Å².